The molecule has 3 nitrogen and oxygen atoms in total. The smallest absolute Gasteiger partial charge is 0.128 e. The zero-order valence-electron chi connectivity index (χ0n) is 11.1. The van der Waals surface area contributed by atoms with Crippen molar-refractivity contribution < 1.29 is 0 Å². The molecule has 0 aromatic carbocycles. The Bertz CT molecular complexity index is 389. The molecule has 1 heterocycles. The Labute approximate surface area is 104 Å². The lowest BCUT2D eigenvalue weighted by Gasteiger charge is -2.35. The summed E-state index contributed by atoms with van der Waals surface area (Å²) in [6.07, 6.45) is 5.27. The number of aryl methyl sites for hydroxylation is 1. The molecule has 2 unspecified atom stereocenters. The van der Waals surface area contributed by atoms with Gasteiger partial charge in [0.25, 0.3) is 0 Å². The maximum absolute atomic E-state index is 5.81. The van der Waals surface area contributed by atoms with Gasteiger partial charge >= 0.3 is 0 Å². The zero-order valence-corrected chi connectivity index (χ0v) is 11.1. The molecule has 17 heavy (non-hydrogen) atoms. The lowest BCUT2D eigenvalue weighted by molar-refractivity contribution is 0.335. The molecule has 1 aromatic rings. The quantitative estimate of drug-likeness (QED) is 0.854. The maximum atomic E-state index is 5.81. The van der Waals surface area contributed by atoms with Crippen molar-refractivity contribution in [1.29, 1.82) is 0 Å². The van der Waals surface area contributed by atoms with Crippen LogP contribution in [0.2, 0.25) is 0 Å². The van der Waals surface area contributed by atoms with Gasteiger partial charge in [-0.2, -0.15) is 0 Å². The average molecular weight is 233 g/mol. The third-order valence-electron chi connectivity index (χ3n) is 3.93. The first-order chi connectivity index (χ1) is 8.08. The van der Waals surface area contributed by atoms with Crippen molar-refractivity contribution in [2.45, 2.75) is 45.6 Å². The fourth-order valence-electron chi connectivity index (χ4n) is 2.70. The van der Waals surface area contributed by atoms with E-state index in [9.17, 15) is 0 Å². The van der Waals surface area contributed by atoms with Crippen molar-refractivity contribution in [3.63, 3.8) is 0 Å². The van der Waals surface area contributed by atoms with Crippen LogP contribution in [0.25, 0.3) is 0 Å². The summed E-state index contributed by atoms with van der Waals surface area (Å²) in [6.45, 7) is 4.32. The van der Waals surface area contributed by atoms with Gasteiger partial charge in [0.15, 0.2) is 0 Å². The minimum Gasteiger partial charge on any atom is -0.397 e. The molecular weight excluding hydrogens is 210 g/mol. The zero-order chi connectivity index (χ0) is 12.4. The van der Waals surface area contributed by atoms with Gasteiger partial charge < -0.3 is 10.6 Å². The third kappa shape index (κ3) is 2.71. The number of nitrogens with zero attached hydrogens (tertiary/aromatic N) is 2. The topological polar surface area (TPSA) is 42.2 Å². The summed E-state index contributed by atoms with van der Waals surface area (Å²) in [5, 5.41) is 0. The number of nitrogens with two attached hydrogens (primary N) is 1. The highest BCUT2D eigenvalue weighted by Gasteiger charge is 2.23. The van der Waals surface area contributed by atoms with Crippen LogP contribution in [-0.2, 0) is 0 Å². The predicted molar refractivity (Wildman–Crippen MR) is 73.2 cm³/mol. The van der Waals surface area contributed by atoms with Crippen LogP contribution in [0.3, 0.4) is 0 Å². The van der Waals surface area contributed by atoms with Gasteiger partial charge in [-0.3, -0.25) is 0 Å². The molecule has 0 saturated heterocycles. The fourth-order valence-corrected chi connectivity index (χ4v) is 2.70. The molecule has 1 fully saturated rings. The maximum Gasteiger partial charge on any atom is 0.128 e. The van der Waals surface area contributed by atoms with E-state index in [1.54, 1.807) is 0 Å². The summed E-state index contributed by atoms with van der Waals surface area (Å²) in [4.78, 5) is 6.90. The van der Waals surface area contributed by atoms with E-state index in [4.69, 9.17) is 5.73 Å². The van der Waals surface area contributed by atoms with Gasteiger partial charge in [-0.1, -0.05) is 19.8 Å². The van der Waals surface area contributed by atoms with Crippen LogP contribution < -0.4 is 10.6 Å². The number of hydrogen-bond donors (Lipinski definition) is 1. The minimum atomic E-state index is 0.634. The third-order valence-corrected chi connectivity index (χ3v) is 3.93. The van der Waals surface area contributed by atoms with Crippen molar-refractivity contribution >= 4 is 11.5 Å². The van der Waals surface area contributed by atoms with E-state index in [0.717, 1.165) is 23.1 Å². The molecule has 0 radical (unpaired) electrons. The monoisotopic (exact) mass is 233 g/mol. The van der Waals surface area contributed by atoms with E-state index in [1.165, 1.54) is 25.7 Å². The van der Waals surface area contributed by atoms with E-state index < -0.39 is 0 Å². The van der Waals surface area contributed by atoms with Gasteiger partial charge in [0, 0.05) is 13.1 Å². The molecule has 3 heteroatoms. The SMILES string of the molecule is Cc1nc(N(C)C2CCCC(C)C2)ccc1N. The molecule has 1 saturated carbocycles. The Morgan fingerprint density at radius 1 is 1.35 bits per heavy atom. The standard InChI is InChI=1S/C14H23N3/c1-10-5-4-6-12(9-10)17(3)14-8-7-13(15)11(2)16-14/h7-8,10,12H,4-6,9,15H2,1-3H3. The summed E-state index contributed by atoms with van der Waals surface area (Å²) >= 11 is 0. The molecule has 0 bridgehead atoms. The second kappa shape index (κ2) is 4.94. The normalized spacial score (nSPS) is 24.6. The highest BCUT2D eigenvalue weighted by molar-refractivity contribution is 5.50. The van der Waals surface area contributed by atoms with Crippen LogP contribution in [0.15, 0.2) is 12.1 Å². The second-order valence-corrected chi connectivity index (χ2v) is 5.38. The number of aromatic nitrogens is 1. The van der Waals surface area contributed by atoms with Gasteiger partial charge in [0.05, 0.1) is 11.4 Å². The van der Waals surface area contributed by atoms with Crippen molar-refractivity contribution in [1.82, 2.24) is 4.98 Å². The van der Waals surface area contributed by atoms with Crippen molar-refractivity contribution in [2.24, 2.45) is 5.92 Å². The van der Waals surface area contributed by atoms with Gasteiger partial charge in [-0.25, -0.2) is 4.98 Å². The number of nitrogen functional groups attached to an aromatic ring is 1. The predicted octanol–water partition coefficient (Wildman–Crippen LogP) is 2.99. The molecule has 2 rings (SSSR count). The van der Waals surface area contributed by atoms with Crippen LogP contribution in [0.4, 0.5) is 11.5 Å². The first kappa shape index (κ1) is 12.2. The van der Waals surface area contributed by atoms with Crippen LogP contribution in [0.5, 0.6) is 0 Å². The number of hydrogen-bond acceptors (Lipinski definition) is 3. The average Bonchev–Trinajstić information content (AvgIpc) is 2.32. The molecular formula is C14H23N3. The van der Waals surface area contributed by atoms with Crippen molar-refractivity contribution in [3.8, 4) is 0 Å². The Kier molecular flexibility index (Phi) is 3.55. The number of anilines is 2. The molecule has 0 amide bonds. The second-order valence-electron chi connectivity index (χ2n) is 5.38. The fraction of sp³-hybridized carbons (Fsp3) is 0.643. The van der Waals surface area contributed by atoms with E-state index in [2.05, 4.69) is 23.9 Å². The van der Waals surface area contributed by atoms with E-state index >= 15 is 0 Å². The summed E-state index contributed by atoms with van der Waals surface area (Å²) in [5.41, 5.74) is 7.51. The lowest BCUT2D eigenvalue weighted by Crippen LogP contribution is -2.36. The Morgan fingerprint density at radius 3 is 2.76 bits per heavy atom. The summed E-state index contributed by atoms with van der Waals surface area (Å²) < 4.78 is 0. The van der Waals surface area contributed by atoms with E-state index in [-0.39, 0.29) is 0 Å². The number of rotatable bonds is 2. The van der Waals surface area contributed by atoms with Crippen LogP contribution in [-0.4, -0.2) is 18.1 Å². The molecule has 1 aliphatic rings. The first-order valence-corrected chi connectivity index (χ1v) is 6.54. The molecule has 2 atom stereocenters. The molecule has 1 aliphatic carbocycles. The van der Waals surface area contributed by atoms with Gasteiger partial charge in [0.1, 0.15) is 5.82 Å². The largest absolute Gasteiger partial charge is 0.397 e. The Morgan fingerprint density at radius 2 is 2.12 bits per heavy atom. The molecule has 94 valence electrons. The van der Waals surface area contributed by atoms with Gasteiger partial charge in [-0.15, -0.1) is 0 Å². The lowest BCUT2D eigenvalue weighted by atomic mass is 9.86. The Hall–Kier alpha value is -1.25. The molecule has 1 aromatic heterocycles. The summed E-state index contributed by atoms with van der Waals surface area (Å²) in [7, 11) is 2.15. The highest BCUT2D eigenvalue weighted by Crippen LogP contribution is 2.29. The van der Waals surface area contributed by atoms with E-state index in [1.807, 2.05) is 19.1 Å². The molecule has 2 N–H and O–H groups in total. The number of pyridine rings is 1. The van der Waals surface area contributed by atoms with Crippen LogP contribution in [0.1, 0.15) is 38.3 Å². The van der Waals surface area contributed by atoms with Crippen molar-refractivity contribution in [2.75, 3.05) is 17.7 Å². The van der Waals surface area contributed by atoms with Crippen LogP contribution >= 0.6 is 0 Å². The van der Waals surface area contributed by atoms with Crippen molar-refractivity contribution in [3.05, 3.63) is 17.8 Å². The van der Waals surface area contributed by atoms with Crippen LogP contribution in [0, 0.1) is 12.8 Å². The molecule has 0 spiro atoms. The minimum absolute atomic E-state index is 0.634. The Balaban J connectivity index is 2.12. The molecule has 0 aliphatic heterocycles. The van der Waals surface area contributed by atoms with E-state index in [0.29, 0.717) is 6.04 Å². The van der Waals surface area contributed by atoms with Gasteiger partial charge in [-0.05, 0) is 37.8 Å². The first-order valence-electron chi connectivity index (χ1n) is 6.54. The summed E-state index contributed by atoms with van der Waals surface area (Å²) in [5.74, 6) is 1.89. The summed E-state index contributed by atoms with van der Waals surface area (Å²) in [6, 6.07) is 4.62. The highest BCUT2D eigenvalue weighted by atomic mass is 15.2. The van der Waals surface area contributed by atoms with Gasteiger partial charge in [0.2, 0.25) is 0 Å².